The highest BCUT2D eigenvalue weighted by molar-refractivity contribution is 6.33. The molecule has 1 saturated heterocycles. The molecule has 9 heteroatoms. The van der Waals surface area contributed by atoms with Gasteiger partial charge in [0.25, 0.3) is 0 Å². The minimum absolute atomic E-state index is 0.0539. The number of halogens is 3. The van der Waals surface area contributed by atoms with Crippen molar-refractivity contribution >= 4 is 29.5 Å². The number of rotatable bonds is 7. The number of nitrogens with one attached hydrogen (secondary N) is 2. The van der Waals surface area contributed by atoms with Crippen molar-refractivity contribution in [2.75, 3.05) is 18.4 Å². The van der Waals surface area contributed by atoms with Gasteiger partial charge in [-0.25, -0.2) is 18.8 Å². The molecule has 0 bridgehead atoms. The Hall–Kier alpha value is -3.23. The van der Waals surface area contributed by atoms with Gasteiger partial charge in [0.15, 0.2) is 5.96 Å². The van der Waals surface area contributed by atoms with Crippen LogP contribution in [0.2, 0.25) is 5.02 Å². The monoisotopic (exact) mass is 470 g/mol. The van der Waals surface area contributed by atoms with Crippen molar-refractivity contribution in [3.8, 4) is 11.4 Å². The van der Waals surface area contributed by atoms with Crippen LogP contribution in [0.15, 0.2) is 54.0 Å². The zero-order valence-corrected chi connectivity index (χ0v) is 18.7. The van der Waals surface area contributed by atoms with Crippen LogP contribution >= 0.6 is 11.6 Å². The smallest absolute Gasteiger partial charge is 0.194 e. The highest BCUT2D eigenvalue weighted by Gasteiger charge is 2.23. The Morgan fingerprint density at radius 1 is 1.33 bits per heavy atom. The standard InChI is InChI=1S/C24H25ClF2N6/c1-2-21-23(32-24(28)30-13-16-11-17(26)7-8-20(16)27)33(14-15-9-10-29-12-15)22(31-21)18-5-3-4-6-19(18)25/h2-8,11,15,29H,1,9-10,12-14H2,(H3,28,30,32)/t15-/m0/s1. The molecule has 0 amide bonds. The molecule has 4 rings (SSSR count). The molecule has 1 fully saturated rings. The van der Waals surface area contributed by atoms with Gasteiger partial charge in [-0.1, -0.05) is 30.3 Å². The lowest BCUT2D eigenvalue weighted by Crippen LogP contribution is -2.26. The molecular formula is C24H25ClF2N6. The first-order valence-corrected chi connectivity index (χ1v) is 11.0. The number of guanidine groups is 1. The van der Waals surface area contributed by atoms with E-state index in [-0.39, 0.29) is 18.1 Å². The van der Waals surface area contributed by atoms with Crippen LogP contribution in [0.3, 0.4) is 0 Å². The maximum Gasteiger partial charge on any atom is 0.194 e. The number of nitrogens with zero attached hydrogens (tertiary/aromatic N) is 3. The van der Waals surface area contributed by atoms with E-state index in [1.807, 2.05) is 28.8 Å². The van der Waals surface area contributed by atoms with Gasteiger partial charge in [0.2, 0.25) is 0 Å². The molecular weight excluding hydrogens is 446 g/mol. The first-order chi connectivity index (χ1) is 16.0. The lowest BCUT2D eigenvalue weighted by molar-refractivity contribution is 0.488. The van der Waals surface area contributed by atoms with E-state index in [1.54, 1.807) is 6.08 Å². The summed E-state index contributed by atoms with van der Waals surface area (Å²) in [5.41, 5.74) is 7.62. The van der Waals surface area contributed by atoms with Gasteiger partial charge in [-0.15, -0.1) is 0 Å². The highest BCUT2D eigenvalue weighted by atomic mass is 35.5. The molecule has 1 aliphatic heterocycles. The van der Waals surface area contributed by atoms with Crippen LogP contribution in [0.1, 0.15) is 17.7 Å². The SMILES string of the molecule is C=Cc1nc(-c2ccccc2Cl)n(C[C@H]2CCNC2)c1NC(N)=NCc1cc(F)ccc1F. The number of anilines is 1. The Labute approximate surface area is 196 Å². The molecule has 1 aromatic heterocycles. The summed E-state index contributed by atoms with van der Waals surface area (Å²) in [4.78, 5) is 8.96. The number of nitrogens with two attached hydrogens (primary N) is 1. The van der Waals surface area contributed by atoms with Crippen LogP contribution in [0.25, 0.3) is 17.5 Å². The average molecular weight is 471 g/mol. The van der Waals surface area contributed by atoms with Crippen molar-refractivity contribution in [3.05, 3.63) is 77.0 Å². The van der Waals surface area contributed by atoms with Gasteiger partial charge in [-0.3, -0.25) is 0 Å². The maximum absolute atomic E-state index is 13.9. The van der Waals surface area contributed by atoms with Gasteiger partial charge in [0.1, 0.15) is 29.0 Å². The lowest BCUT2D eigenvalue weighted by Gasteiger charge is -2.17. The molecule has 2 aromatic carbocycles. The molecule has 0 spiro atoms. The van der Waals surface area contributed by atoms with E-state index in [9.17, 15) is 8.78 Å². The van der Waals surface area contributed by atoms with E-state index >= 15 is 0 Å². The van der Waals surface area contributed by atoms with Crippen molar-refractivity contribution in [1.29, 1.82) is 0 Å². The molecule has 1 aliphatic rings. The molecule has 172 valence electrons. The topological polar surface area (TPSA) is 80.3 Å². The van der Waals surface area contributed by atoms with Crippen molar-refractivity contribution < 1.29 is 8.78 Å². The quantitative estimate of drug-likeness (QED) is 0.346. The predicted octanol–water partition coefficient (Wildman–Crippen LogP) is 4.66. The molecule has 4 N–H and O–H groups in total. The Morgan fingerprint density at radius 2 is 2.15 bits per heavy atom. The third-order valence-corrected chi connectivity index (χ3v) is 5.91. The van der Waals surface area contributed by atoms with Crippen LogP contribution < -0.4 is 16.4 Å². The fraction of sp³-hybridized carbons (Fsp3) is 0.250. The first kappa shape index (κ1) is 22.9. The zero-order chi connectivity index (χ0) is 23.4. The van der Waals surface area contributed by atoms with Gasteiger partial charge in [-0.05, 0) is 61.8 Å². The predicted molar refractivity (Wildman–Crippen MR) is 129 cm³/mol. The minimum Gasteiger partial charge on any atom is -0.370 e. The molecule has 0 aliphatic carbocycles. The lowest BCUT2D eigenvalue weighted by atomic mass is 10.1. The van der Waals surface area contributed by atoms with Crippen molar-refractivity contribution in [2.45, 2.75) is 19.5 Å². The Kier molecular flexibility index (Phi) is 7.05. The van der Waals surface area contributed by atoms with Gasteiger partial charge >= 0.3 is 0 Å². The second-order valence-corrected chi connectivity index (χ2v) is 8.29. The normalized spacial score (nSPS) is 16.2. The van der Waals surface area contributed by atoms with E-state index in [0.29, 0.717) is 34.8 Å². The number of benzene rings is 2. The molecule has 3 aromatic rings. The molecule has 6 nitrogen and oxygen atoms in total. The average Bonchev–Trinajstić information content (AvgIpc) is 3.43. The maximum atomic E-state index is 13.9. The van der Waals surface area contributed by atoms with E-state index in [0.717, 1.165) is 43.3 Å². The number of aliphatic imine (C=N–C) groups is 1. The summed E-state index contributed by atoms with van der Waals surface area (Å²) in [5, 5.41) is 7.05. The Bertz CT molecular complexity index is 1180. The van der Waals surface area contributed by atoms with Crippen LogP contribution in [0, 0.1) is 17.6 Å². The largest absolute Gasteiger partial charge is 0.370 e. The summed E-state index contributed by atoms with van der Waals surface area (Å²) in [6.45, 7) is 6.31. The molecule has 0 radical (unpaired) electrons. The molecule has 1 atom stereocenters. The Morgan fingerprint density at radius 3 is 2.88 bits per heavy atom. The first-order valence-electron chi connectivity index (χ1n) is 10.7. The van der Waals surface area contributed by atoms with Crippen molar-refractivity contribution in [1.82, 2.24) is 14.9 Å². The second-order valence-electron chi connectivity index (χ2n) is 7.88. The van der Waals surface area contributed by atoms with Crippen LogP contribution in [0.5, 0.6) is 0 Å². The molecule has 0 unspecified atom stereocenters. The molecule has 0 saturated carbocycles. The summed E-state index contributed by atoms with van der Waals surface area (Å²) in [5.74, 6) is 0.687. The van der Waals surface area contributed by atoms with E-state index in [4.69, 9.17) is 22.3 Å². The summed E-state index contributed by atoms with van der Waals surface area (Å²) < 4.78 is 29.4. The highest BCUT2D eigenvalue weighted by Crippen LogP contribution is 2.33. The fourth-order valence-corrected chi connectivity index (χ4v) is 4.12. The molecule has 2 heterocycles. The summed E-state index contributed by atoms with van der Waals surface area (Å²) >= 11 is 6.48. The van der Waals surface area contributed by atoms with E-state index in [2.05, 4.69) is 22.2 Å². The summed E-state index contributed by atoms with van der Waals surface area (Å²) in [7, 11) is 0. The minimum atomic E-state index is -0.542. The zero-order valence-electron chi connectivity index (χ0n) is 18.0. The van der Waals surface area contributed by atoms with Crippen LogP contribution in [-0.4, -0.2) is 28.6 Å². The number of imidazole rings is 1. The van der Waals surface area contributed by atoms with Gasteiger partial charge in [0, 0.05) is 17.7 Å². The van der Waals surface area contributed by atoms with Crippen LogP contribution in [-0.2, 0) is 13.1 Å². The number of aromatic nitrogens is 2. The van der Waals surface area contributed by atoms with Gasteiger partial charge < -0.3 is 20.9 Å². The van der Waals surface area contributed by atoms with Crippen molar-refractivity contribution in [2.24, 2.45) is 16.6 Å². The fourth-order valence-electron chi connectivity index (χ4n) is 3.90. The summed E-state index contributed by atoms with van der Waals surface area (Å²) in [6.07, 6.45) is 2.66. The number of hydrogen-bond donors (Lipinski definition) is 3. The third-order valence-electron chi connectivity index (χ3n) is 5.58. The number of hydrogen-bond acceptors (Lipinski definition) is 3. The van der Waals surface area contributed by atoms with E-state index in [1.165, 1.54) is 0 Å². The van der Waals surface area contributed by atoms with Gasteiger partial charge in [-0.2, -0.15) is 0 Å². The molecule has 33 heavy (non-hydrogen) atoms. The van der Waals surface area contributed by atoms with Crippen molar-refractivity contribution in [3.63, 3.8) is 0 Å². The summed E-state index contributed by atoms with van der Waals surface area (Å²) in [6, 6.07) is 10.7. The third kappa shape index (κ3) is 5.23. The van der Waals surface area contributed by atoms with Gasteiger partial charge in [0.05, 0.1) is 11.6 Å². The Balaban J connectivity index is 1.69. The van der Waals surface area contributed by atoms with Crippen LogP contribution in [0.4, 0.5) is 14.6 Å². The van der Waals surface area contributed by atoms with E-state index < -0.39 is 11.6 Å². The second kappa shape index (κ2) is 10.1.